The number of carbonyl (C=O) groups excluding carboxylic acids is 2. The first-order valence-corrected chi connectivity index (χ1v) is 7.24. The maximum absolute atomic E-state index is 11.8. The van der Waals surface area contributed by atoms with Gasteiger partial charge in [-0.3, -0.25) is 9.59 Å². The highest BCUT2D eigenvalue weighted by molar-refractivity contribution is 5.79. The van der Waals surface area contributed by atoms with Crippen LogP contribution in [-0.4, -0.2) is 17.9 Å². The van der Waals surface area contributed by atoms with Gasteiger partial charge in [0.25, 0.3) is 0 Å². The van der Waals surface area contributed by atoms with E-state index in [0.29, 0.717) is 5.56 Å². The molecule has 2 aromatic carbocycles. The van der Waals surface area contributed by atoms with Crippen LogP contribution in [0.15, 0.2) is 48.5 Å². The molecule has 0 N–H and O–H groups in total. The Kier molecular flexibility index (Phi) is 4.76. The molecule has 114 valence electrons. The number of benzene rings is 2. The van der Waals surface area contributed by atoms with Gasteiger partial charge in [0, 0.05) is 5.56 Å². The summed E-state index contributed by atoms with van der Waals surface area (Å²) < 4.78 is 5.31. The van der Waals surface area contributed by atoms with Crippen LogP contribution in [0.2, 0.25) is 0 Å². The quantitative estimate of drug-likeness (QED) is 0.631. The Labute approximate surface area is 130 Å². The van der Waals surface area contributed by atoms with E-state index >= 15 is 0 Å². The third-order valence-corrected chi connectivity index (χ3v) is 3.08. The van der Waals surface area contributed by atoms with Crippen LogP contribution >= 0.6 is 0 Å². The fourth-order valence-electron chi connectivity index (χ4n) is 2.15. The van der Waals surface area contributed by atoms with Crippen molar-refractivity contribution in [3.63, 3.8) is 0 Å². The Hall–Kier alpha value is -2.42. The summed E-state index contributed by atoms with van der Waals surface area (Å²) >= 11 is 0. The highest BCUT2D eigenvalue weighted by atomic mass is 16.6. The predicted molar refractivity (Wildman–Crippen MR) is 86.8 cm³/mol. The van der Waals surface area contributed by atoms with Crippen molar-refractivity contribution in [3.8, 4) is 11.1 Å². The summed E-state index contributed by atoms with van der Waals surface area (Å²) in [6.07, 6.45) is 1.09. The summed E-state index contributed by atoms with van der Waals surface area (Å²) in [6.45, 7) is 5.57. The summed E-state index contributed by atoms with van der Waals surface area (Å²) in [7, 11) is 0. The summed E-state index contributed by atoms with van der Waals surface area (Å²) in [5, 5.41) is 0. The predicted octanol–water partition coefficient (Wildman–Crippen LogP) is 4.05. The lowest BCUT2D eigenvalue weighted by Gasteiger charge is -2.19. The molecule has 0 bridgehead atoms. The van der Waals surface area contributed by atoms with Crippen LogP contribution in [0, 0.1) is 0 Å². The van der Waals surface area contributed by atoms with E-state index in [1.807, 2.05) is 63.2 Å². The molecule has 0 atom stereocenters. The van der Waals surface area contributed by atoms with Gasteiger partial charge in [0.05, 0.1) is 6.42 Å². The molecule has 3 nitrogen and oxygen atoms in total. The second-order valence-corrected chi connectivity index (χ2v) is 6.20. The summed E-state index contributed by atoms with van der Waals surface area (Å²) in [5.74, 6) is -0.233. The van der Waals surface area contributed by atoms with E-state index in [9.17, 15) is 9.59 Å². The lowest BCUT2D eigenvalue weighted by molar-refractivity contribution is -0.153. The number of esters is 1. The van der Waals surface area contributed by atoms with Crippen LogP contribution in [0.25, 0.3) is 11.1 Å². The van der Waals surface area contributed by atoms with Crippen LogP contribution in [0.1, 0.15) is 36.7 Å². The van der Waals surface area contributed by atoms with Crippen molar-refractivity contribution >= 4 is 12.3 Å². The molecule has 0 fully saturated rings. The lowest BCUT2D eigenvalue weighted by atomic mass is 10.0. The molecule has 0 aliphatic rings. The molecule has 0 unspecified atom stereocenters. The highest BCUT2D eigenvalue weighted by Crippen LogP contribution is 2.21. The normalized spacial score (nSPS) is 11.0. The first-order chi connectivity index (χ1) is 10.4. The average molecular weight is 296 g/mol. The molecule has 2 aromatic rings. The van der Waals surface area contributed by atoms with Gasteiger partial charge in [0.1, 0.15) is 11.9 Å². The van der Waals surface area contributed by atoms with E-state index < -0.39 is 5.60 Å². The van der Waals surface area contributed by atoms with Crippen molar-refractivity contribution in [2.24, 2.45) is 0 Å². The summed E-state index contributed by atoms with van der Waals surface area (Å²) in [6, 6.07) is 15.1. The van der Waals surface area contributed by atoms with Gasteiger partial charge in [-0.1, -0.05) is 42.5 Å². The lowest BCUT2D eigenvalue weighted by Crippen LogP contribution is -2.24. The first kappa shape index (κ1) is 16.0. The monoisotopic (exact) mass is 296 g/mol. The fourth-order valence-corrected chi connectivity index (χ4v) is 2.15. The molecule has 0 amide bonds. The minimum absolute atomic E-state index is 0.233. The molecule has 3 heteroatoms. The molecule has 2 rings (SSSR count). The zero-order chi connectivity index (χ0) is 16.2. The zero-order valence-electron chi connectivity index (χ0n) is 13.1. The topological polar surface area (TPSA) is 43.4 Å². The number of aldehydes is 1. The molecule has 0 aliphatic heterocycles. The van der Waals surface area contributed by atoms with Crippen LogP contribution in [-0.2, 0) is 16.0 Å². The standard InChI is InChI=1S/C19H20O3/c1-19(2,3)22-18(21)12-14-7-9-16(10-8-14)17-6-4-5-15(11-17)13-20/h4-11,13H,12H2,1-3H3. The van der Waals surface area contributed by atoms with Crippen LogP contribution < -0.4 is 0 Å². The minimum atomic E-state index is -0.466. The van der Waals surface area contributed by atoms with Gasteiger partial charge in [0.2, 0.25) is 0 Å². The SMILES string of the molecule is CC(C)(C)OC(=O)Cc1ccc(-c2cccc(C=O)c2)cc1. The second kappa shape index (κ2) is 6.56. The third-order valence-electron chi connectivity index (χ3n) is 3.08. The van der Waals surface area contributed by atoms with Gasteiger partial charge < -0.3 is 4.74 Å². The number of rotatable bonds is 4. The molecule has 0 heterocycles. The van der Waals surface area contributed by atoms with E-state index in [2.05, 4.69) is 0 Å². The van der Waals surface area contributed by atoms with Crippen molar-refractivity contribution in [1.29, 1.82) is 0 Å². The fraction of sp³-hybridized carbons (Fsp3) is 0.263. The molecule has 22 heavy (non-hydrogen) atoms. The molecule has 0 spiro atoms. The summed E-state index contributed by atoms with van der Waals surface area (Å²) in [5.41, 5.74) is 3.08. The molecular weight excluding hydrogens is 276 g/mol. The Morgan fingerprint density at radius 1 is 1.05 bits per heavy atom. The molecule has 0 aliphatic carbocycles. The summed E-state index contributed by atoms with van der Waals surface area (Å²) in [4.78, 5) is 22.6. The third kappa shape index (κ3) is 4.55. The zero-order valence-corrected chi connectivity index (χ0v) is 13.1. The second-order valence-electron chi connectivity index (χ2n) is 6.20. The van der Waals surface area contributed by atoms with Crippen molar-refractivity contribution in [3.05, 3.63) is 59.7 Å². The Morgan fingerprint density at radius 2 is 1.73 bits per heavy atom. The Balaban J connectivity index is 2.10. The van der Waals surface area contributed by atoms with Gasteiger partial charge in [-0.15, -0.1) is 0 Å². The number of carbonyl (C=O) groups is 2. The average Bonchev–Trinajstić information content (AvgIpc) is 2.46. The van der Waals surface area contributed by atoms with Crippen molar-refractivity contribution < 1.29 is 14.3 Å². The first-order valence-electron chi connectivity index (χ1n) is 7.24. The van der Waals surface area contributed by atoms with Gasteiger partial charge in [0.15, 0.2) is 0 Å². The van der Waals surface area contributed by atoms with Gasteiger partial charge >= 0.3 is 5.97 Å². The maximum atomic E-state index is 11.8. The van der Waals surface area contributed by atoms with Crippen molar-refractivity contribution in [1.82, 2.24) is 0 Å². The van der Waals surface area contributed by atoms with E-state index in [1.54, 1.807) is 6.07 Å². The smallest absolute Gasteiger partial charge is 0.310 e. The number of ether oxygens (including phenoxy) is 1. The van der Waals surface area contributed by atoms with Gasteiger partial charge in [-0.05, 0) is 43.5 Å². The van der Waals surface area contributed by atoms with Crippen molar-refractivity contribution in [2.75, 3.05) is 0 Å². The van der Waals surface area contributed by atoms with E-state index in [4.69, 9.17) is 4.74 Å². The minimum Gasteiger partial charge on any atom is -0.460 e. The Morgan fingerprint density at radius 3 is 2.32 bits per heavy atom. The molecule has 0 radical (unpaired) electrons. The van der Waals surface area contributed by atoms with Crippen LogP contribution in [0.3, 0.4) is 0 Å². The molecule has 0 saturated heterocycles. The Bertz CT molecular complexity index is 664. The van der Waals surface area contributed by atoms with Crippen LogP contribution in [0.5, 0.6) is 0 Å². The van der Waals surface area contributed by atoms with E-state index in [1.165, 1.54) is 0 Å². The number of hydrogen-bond acceptors (Lipinski definition) is 3. The van der Waals surface area contributed by atoms with E-state index in [-0.39, 0.29) is 12.4 Å². The van der Waals surface area contributed by atoms with Gasteiger partial charge in [-0.25, -0.2) is 0 Å². The molecule has 0 aromatic heterocycles. The van der Waals surface area contributed by atoms with Crippen LogP contribution in [0.4, 0.5) is 0 Å². The van der Waals surface area contributed by atoms with Crippen molar-refractivity contribution in [2.45, 2.75) is 32.8 Å². The maximum Gasteiger partial charge on any atom is 0.310 e. The van der Waals surface area contributed by atoms with Gasteiger partial charge in [-0.2, -0.15) is 0 Å². The van der Waals surface area contributed by atoms with E-state index in [0.717, 1.165) is 23.0 Å². The number of hydrogen-bond donors (Lipinski definition) is 0. The molecular formula is C19H20O3. The highest BCUT2D eigenvalue weighted by Gasteiger charge is 2.16. The molecule has 0 saturated carbocycles. The largest absolute Gasteiger partial charge is 0.460 e.